The Morgan fingerprint density at radius 2 is 1.85 bits per heavy atom. The highest BCUT2D eigenvalue weighted by Crippen LogP contribution is 2.35. The van der Waals surface area contributed by atoms with Crippen LogP contribution in [0.4, 0.5) is 0 Å². The van der Waals surface area contributed by atoms with E-state index < -0.39 is 0 Å². The highest BCUT2D eigenvalue weighted by molar-refractivity contribution is 6.35. The van der Waals surface area contributed by atoms with Crippen molar-refractivity contribution in [3.8, 4) is 5.69 Å². The molecule has 1 atom stereocenters. The predicted octanol–water partition coefficient (Wildman–Crippen LogP) is 4.94. The van der Waals surface area contributed by atoms with Crippen molar-refractivity contribution in [3.63, 3.8) is 0 Å². The average Bonchev–Trinajstić information content (AvgIpc) is 3.52. The molecule has 3 aromatic carbocycles. The van der Waals surface area contributed by atoms with Crippen molar-refractivity contribution < 1.29 is 4.79 Å². The number of rotatable bonds is 7. The summed E-state index contributed by atoms with van der Waals surface area (Å²) in [6, 6.07) is 21.1. The minimum absolute atomic E-state index is 0.0786. The van der Waals surface area contributed by atoms with Gasteiger partial charge in [-0.25, -0.2) is 4.68 Å². The summed E-state index contributed by atoms with van der Waals surface area (Å²) in [6.45, 7) is 0.394. The van der Waals surface area contributed by atoms with Crippen molar-refractivity contribution in [2.75, 3.05) is 6.54 Å². The van der Waals surface area contributed by atoms with Gasteiger partial charge >= 0.3 is 0 Å². The fraction of sp³-hybridized carbons (Fsp3) is 0.120. The molecule has 9 heteroatoms. The van der Waals surface area contributed by atoms with E-state index in [0.29, 0.717) is 16.6 Å². The van der Waals surface area contributed by atoms with Crippen LogP contribution in [0.1, 0.15) is 22.6 Å². The number of para-hydroxylation sites is 1. The van der Waals surface area contributed by atoms with E-state index in [1.807, 2.05) is 60.8 Å². The zero-order valence-corrected chi connectivity index (χ0v) is 19.5. The standard InChI is InChI=1S/C25H20Cl2N6O/c26-17-7-10-19(23(27)12-17)21(22-13-28-24-4-2-1-3-20(22)24)14-29-25(34)11-16-5-8-18(9-6-16)33-15-30-31-32-33/h1-10,12-13,15,21,28H,11,14H2,(H,29,34). The monoisotopic (exact) mass is 490 g/mol. The van der Waals surface area contributed by atoms with Crippen LogP contribution in [0.3, 0.4) is 0 Å². The lowest BCUT2D eigenvalue weighted by molar-refractivity contribution is -0.120. The number of carbonyl (C=O) groups excluding carboxylic acids is 1. The van der Waals surface area contributed by atoms with Crippen molar-refractivity contribution in [2.24, 2.45) is 0 Å². The number of halogens is 2. The molecule has 0 aliphatic carbocycles. The van der Waals surface area contributed by atoms with E-state index in [0.717, 1.165) is 33.3 Å². The third-order valence-electron chi connectivity index (χ3n) is 5.75. The summed E-state index contributed by atoms with van der Waals surface area (Å²) in [7, 11) is 0. The number of aromatic nitrogens is 5. The molecule has 0 saturated heterocycles. The van der Waals surface area contributed by atoms with Gasteiger partial charge in [0.1, 0.15) is 6.33 Å². The van der Waals surface area contributed by atoms with Crippen LogP contribution < -0.4 is 5.32 Å². The highest BCUT2D eigenvalue weighted by Gasteiger charge is 2.21. The number of fused-ring (bicyclic) bond motifs is 1. The van der Waals surface area contributed by atoms with Gasteiger partial charge in [0, 0.05) is 39.6 Å². The van der Waals surface area contributed by atoms with Crippen LogP contribution in [-0.2, 0) is 11.2 Å². The van der Waals surface area contributed by atoms with Crippen LogP contribution in [0.15, 0.2) is 79.3 Å². The third-order valence-corrected chi connectivity index (χ3v) is 6.31. The number of carbonyl (C=O) groups is 1. The SMILES string of the molecule is O=C(Cc1ccc(-n2cnnn2)cc1)NCC(c1ccc(Cl)cc1Cl)c1c[nH]c2ccccc12. The number of H-pyrrole nitrogens is 1. The minimum Gasteiger partial charge on any atom is -0.361 e. The Morgan fingerprint density at radius 3 is 2.62 bits per heavy atom. The Balaban J connectivity index is 1.35. The number of nitrogens with zero attached hydrogens (tertiary/aromatic N) is 4. The second-order valence-corrected chi connectivity index (χ2v) is 8.75. The minimum atomic E-state index is -0.146. The summed E-state index contributed by atoms with van der Waals surface area (Å²) >= 11 is 12.7. The van der Waals surface area contributed by atoms with E-state index in [-0.39, 0.29) is 18.2 Å². The molecule has 0 fully saturated rings. The average molecular weight is 491 g/mol. The van der Waals surface area contributed by atoms with Gasteiger partial charge in [-0.05, 0) is 57.4 Å². The summed E-state index contributed by atoms with van der Waals surface area (Å²) in [6.07, 6.45) is 3.75. The van der Waals surface area contributed by atoms with Gasteiger partial charge in [0.2, 0.25) is 5.91 Å². The van der Waals surface area contributed by atoms with Gasteiger partial charge in [0.15, 0.2) is 0 Å². The molecule has 5 rings (SSSR count). The van der Waals surface area contributed by atoms with Gasteiger partial charge < -0.3 is 10.3 Å². The summed E-state index contributed by atoms with van der Waals surface area (Å²) in [5.41, 5.74) is 4.71. The molecule has 0 radical (unpaired) electrons. The number of aromatic amines is 1. The molecular weight excluding hydrogens is 471 g/mol. The molecule has 1 unspecified atom stereocenters. The van der Waals surface area contributed by atoms with Gasteiger partial charge in [0.05, 0.1) is 12.1 Å². The maximum atomic E-state index is 12.8. The number of hydrogen-bond acceptors (Lipinski definition) is 4. The van der Waals surface area contributed by atoms with Crippen molar-refractivity contribution in [2.45, 2.75) is 12.3 Å². The van der Waals surface area contributed by atoms with Crippen LogP contribution in [0.2, 0.25) is 10.0 Å². The summed E-state index contributed by atoms with van der Waals surface area (Å²) < 4.78 is 1.56. The third kappa shape index (κ3) is 4.66. The molecule has 0 spiro atoms. The summed E-state index contributed by atoms with van der Waals surface area (Å²) in [4.78, 5) is 16.1. The summed E-state index contributed by atoms with van der Waals surface area (Å²) in [5, 5.41) is 16.4. The van der Waals surface area contributed by atoms with Gasteiger partial charge in [-0.1, -0.05) is 59.6 Å². The van der Waals surface area contributed by atoms with Crippen molar-refractivity contribution in [1.82, 2.24) is 30.5 Å². The topological polar surface area (TPSA) is 88.5 Å². The first-order valence-corrected chi connectivity index (χ1v) is 11.4. The molecular formula is C25H20Cl2N6O. The van der Waals surface area contributed by atoms with Crippen LogP contribution >= 0.6 is 23.2 Å². The van der Waals surface area contributed by atoms with Gasteiger partial charge in [-0.2, -0.15) is 0 Å². The number of tetrazole rings is 1. The lowest BCUT2D eigenvalue weighted by atomic mass is 9.90. The van der Waals surface area contributed by atoms with Gasteiger partial charge in [-0.3, -0.25) is 4.79 Å². The Labute approximate surface area is 205 Å². The number of amides is 1. The van der Waals surface area contributed by atoms with Crippen molar-refractivity contribution in [1.29, 1.82) is 0 Å². The molecule has 0 saturated carbocycles. The van der Waals surface area contributed by atoms with Crippen LogP contribution in [-0.4, -0.2) is 37.6 Å². The van der Waals surface area contributed by atoms with Crippen LogP contribution in [0.25, 0.3) is 16.6 Å². The van der Waals surface area contributed by atoms with Gasteiger partial charge in [0.25, 0.3) is 0 Å². The lowest BCUT2D eigenvalue weighted by Gasteiger charge is -2.20. The Hall–Kier alpha value is -3.68. The first kappa shape index (κ1) is 22.1. The van der Waals surface area contributed by atoms with E-state index in [1.54, 1.807) is 10.7 Å². The van der Waals surface area contributed by atoms with Crippen LogP contribution in [0.5, 0.6) is 0 Å². The molecule has 1 amide bonds. The molecule has 2 N–H and O–H groups in total. The van der Waals surface area contributed by atoms with Gasteiger partial charge in [-0.15, -0.1) is 5.10 Å². The zero-order valence-electron chi connectivity index (χ0n) is 18.0. The number of nitrogens with one attached hydrogen (secondary N) is 2. The predicted molar refractivity (Wildman–Crippen MR) is 132 cm³/mol. The largest absolute Gasteiger partial charge is 0.361 e. The van der Waals surface area contributed by atoms with E-state index in [1.165, 1.54) is 6.33 Å². The molecule has 5 aromatic rings. The normalized spacial score (nSPS) is 12.1. The number of benzene rings is 3. The Bertz CT molecular complexity index is 1430. The fourth-order valence-corrected chi connectivity index (χ4v) is 4.60. The molecule has 34 heavy (non-hydrogen) atoms. The number of hydrogen-bond donors (Lipinski definition) is 2. The molecule has 0 aliphatic heterocycles. The Morgan fingerprint density at radius 1 is 1.03 bits per heavy atom. The van der Waals surface area contributed by atoms with E-state index in [2.05, 4.69) is 31.9 Å². The maximum absolute atomic E-state index is 12.8. The van der Waals surface area contributed by atoms with E-state index >= 15 is 0 Å². The highest BCUT2D eigenvalue weighted by atomic mass is 35.5. The second kappa shape index (κ2) is 9.67. The fourth-order valence-electron chi connectivity index (χ4n) is 4.06. The molecule has 2 heterocycles. The lowest BCUT2D eigenvalue weighted by Crippen LogP contribution is -2.30. The summed E-state index contributed by atoms with van der Waals surface area (Å²) in [5.74, 6) is -0.225. The van der Waals surface area contributed by atoms with Crippen molar-refractivity contribution >= 4 is 40.0 Å². The second-order valence-electron chi connectivity index (χ2n) is 7.91. The molecule has 0 bridgehead atoms. The quantitative estimate of drug-likeness (QED) is 0.338. The molecule has 7 nitrogen and oxygen atoms in total. The van der Waals surface area contributed by atoms with E-state index in [4.69, 9.17) is 23.2 Å². The molecule has 170 valence electrons. The zero-order chi connectivity index (χ0) is 23.5. The Kier molecular flexibility index (Phi) is 6.29. The smallest absolute Gasteiger partial charge is 0.224 e. The first-order valence-electron chi connectivity index (χ1n) is 10.7. The van der Waals surface area contributed by atoms with Crippen LogP contribution in [0, 0.1) is 0 Å². The maximum Gasteiger partial charge on any atom is 0.224 e. The first-order chi connectivity index (χ1) is 16.6. The van der Waals surface area contributed by atoms with Crippen molar-refractivity contribution in [3.05, 3.63) is 106 Å². The molecule has 2 aromatic heterocycles. The van der Waals surface area contributed by atoms with E-state index in [9.17, 15) is 4.79 Å². The molecule has 0 aliphatic rings.